The van der Waals surface area contributed by atoms with Crippen molar-refractivity contribution in [3.63, 3.8) is 0 Å². The molecular weight excluding hydrogens is 174 g/mol. The lowest BCUT2D eigenvalue weighted by Gasteiger charge is -2.22. The first-order valence-corrected chi connectivity index (χ1v) is 5.90. The Bertz CT molecular complexity index is 152. The molecule has 1 N–H and O–H groups in total. The minimum absolute atomic E-state index is 0.0312. The summed E-state index contributed by atoms with van der Waals surface area (Å²) >= 11 is 0. The molecule has 1 aliphatic rings. The van der Waals surface area contributed by atoms with E-state index in [4.69, 9.17) is 4.74 Å². The molecule has 0 unspecified atom stereocenters. The number of methoxy groups -OCH3 is 1. The molecule has 0 aromatic carbocycles. The highest BCUT2D eigenvalue weighted by Gasteiger charge is 2.20. The van der Waals surface area contributed by atoms with E-state index in [0.717, 1.165) is 18.9 Å². The number of ether oxygens (including phenoxy) is 1. The van der Waals surface area contributed by atoms with Crippen molar-refractivity contribution in [2.75, 3.05) is 20.2 Å². The van der Waals surface area contributed by atoms with Gasteiger partial charge in [0.25, 0.3) is 0 Å². The van der Waals surface area contributed by atoms with Gasteiger partial charge in [0.15, 0.2) is 0 Å². The number of nitrogens with one attached hydrogen (secondary N) is 1. The van der Waals surface area contributed by atoms with Gasteiger partial charge in [0.2, 0.25) is 0 Å². The van der Waals surface area contributed by atoms with Crippen LogP contribution in [0.2, 0.25) is 0 Å². The van der Waals surface area contributed by atoms with Crippen LogP contribution in [-0.4, -0.2) is 25.8 Å². The summed E-state index contributed by atoms with van der Waals surface area (Å²) in [7, 11) is 1.78. The van der Waals surface area contributed by atoms with Gasteiger partial charge in [0, 0.05) is 7.11 Å². The van der Waals surface area contributed by atoms with Crippen LogP contribution in [-0.2, 0) is 4.74 Å². The molecule has 0 aliphatic heterocycles. The number of hydrogen-bond donors (Lipinski definition) is 1. The highest BCUT2D eigenvalue weighted by atomic mass is 16.5. The van der Waals surface area contributed by atoms with Crippen LogP contribution < -0.4 is 5.32 Å². The third-order valence-electron chi connectivity index (χ3n) is 3.12. The van der Waals surface area contributed by atoms with Gasteiger partial charge in [-0.05, 0) is 52.1 Å². The Morgan fingerprint density at radius 3 is 2.57 bits per heavy atom. The predicted octanol–water partition coefficient (Wildman–Crippen LogP) is 2.58. The van der Waals surface area contributed by atoms with Crippen molar-refractivity contribution in [3.8, 4) is 0 Å². The maximum atomic E-state index is 5.35. The molecule has 1 saturated carbocycles. The molecular formula is C12H25NO. The Labute approximate surface area is 88.4 Å². The van der Waals surface area contributed by atoms with Gasteiger partial charge in [-0.1, -0.05) is 12.8 Å². The second-order valence-corrected chi connectivity index (χ2v) is 5.05. The second-order valence-electron chi connectivity index (χ2n) is 5.05. The fourth-order valence-electron chi connectivity index (χ4n) is 1.54. The average Bonchev–Trinajstić information content (AvgIpc) is 2.95. The zero-order valence-corrected chi connectivity index (χ0v) is 9.94. The summed E-state index contributed by atoms with van der Waals surface area (Å²) in [6, 6.07) is 0. The predicted molar refractivity (Wildman–Crippen MR) is 60.5 cm³/mol. The average molecular weight is 199 g/mol. The summed E-state index contributed by atoms with van der Waals surface area (Å²) in [5.41, 5.74) is 0.0312. The SMILES string of the molecule is COC(C)(C)CCNCCCC1CC1. The summed E-state index contributed by atoms with van der Waals surface area (Å²) in [5, 5.41) is 3.48. The lowest BCUT2D eigenvalue weighted by Crippen LogP contribution is -2.29. The molecule has 1 fully saturated rings. The van der Waals surface area contributed by atoms with Crippen LogP contribution in [0.15, 0.2) is 0 Å². The molecule has 2 heteroatoms. The molecule has 0 radical (unpaired) electrons. The maximum Gasteiger partial charge on any atom is 0.0634 e. The van der Waals surface area contributed by atoms with Crippen molar-refractivity contribution in [2.24, 2.45) is 5.92 Å². The van der Waals surface area contributed by atoms with Crippen molar-refractivity contribution in [1.29, 1.82) is 0 Å². The zero-order valence-electron chi connectivity index (χ0n) is 9.94. The molecule has 0 spiro atoms. The molecule has 0 heterocycles. The lowest BCUT2D eigenvalue weighted by atomic mass is 10.1. The van der Waals surface area contributed by atoms with Crippen LogP contribution >= 0.6 is 0 Å². The summed E-state index contributed by atoms with van der Waals surface area (Å²) in [6.45, 7) is 6.53. The molecule has 14 heavy (non-hydrogen) atoms. The highest BCUT2D eigenvalue weighted by Crippen LogP contribution is 2.33. The molecule has 0 saturated heterocycles. The largest absolute Gasteiger partial charge is 0.379 e. The first kappa shape index (κ1) is 12.0. The van der Waals surface area contributed by atoms with E-state index in [9.17, 15) is 0 Å². The van der Waals surface area contributed by atoms with Crippen LogP contribution in [0.4, 0.5) is 0 Å². The van der Waals surface area contributed by atoms with Gasteiger partial charge in [-0.25, -0.2) is 0 Å². The van der Waals surface area contributed by atoms with E-state index in [1.807, 2.05) is 0 Å². The standard InChI is InChI=1S/C12H25NO/c1-12(2,14-3)8-10-13-9-4-5-11-6-7-11/h11,13H,4-10H2,1-3H3. The van der Waals surface area contributed by atoms with Crippen LogP contribution in [0.5, 0.6) is 0 Å². The van der Waals surface area contributed by atoms with E-state index in [2.05, 4.69) is 19.2 Å². The van der Waals surface area contributed by atoms with E-state index in [0.29, 0.717) is 0 Å². The van der Waals surface area contributed by atoms with Gasteiger partial charge in [0.1, 0.15) is 0 Å². The van der Waals surface area contributed by atoms with E-state index in [1.54, 1.807) is 7.11 Å². The Morgan fingerprint density at radius 2 is 2.00 bits per heavy atom. The van der Waals surface area contributed by atoms with Crippen molar-refractivity contribution in [1.82, 2.24) is 5.32 Å². The van der Waals surface area contributed by atoms with Crippen molar-refractivity contribution in [3.05, 3.63) is 0 Å². The number of rotatable bonds is 8. The quantitative estimate of drug-likeness (QED) is 0.607. The second kappa shape index (κ2) is 5.72. The Morgan fingerprint density at radius 1 is 1.29 bits per heavy atom. The fourth-order valence-corrected chi connectivity index (χ4v) is 1.54. The molecule has 0 amide bonds. The van der Waals surface area contributed by atoms with Crippen molar-refractivity contribution >= 4 is 0 Å². The van der Waals surface area contributed by atoms with Crippen LogP contribution in [0.25, 0.3) is 0 Å². The van der Waals surface area contributed by atoms with E-state index in [-0.39, 0.29) is 5.60 Å². The fraction of sp³-hybridized carbons (Fsp3) is 1.00. The monoisotopic (exact) mass is 199 g/mol. The van der Waals surface area contributed by atoms with Crippen molar-refractivity contribution in [2.45, 2.75) is 51.6 Å². The Kier molecular flexibility index (Phi) is 4.90. The lowest BCUT2D eigenvalue weighted by molar-refractivity contribution is 0.0159. The van der Waals surface area contributed by atoms with Gasteiger partial charge in [-0.3, -0.25) is 0 Å². The van der Waals surface area contributed by atoms with Gasteiger partial charge >= 0.3 is 0 Å². The molecule has 1 aliphatic carbocycles. The van der Waals surface area contributed by atoms with Crippen LogP contribution in [0.1, 0.15) is 46.0 Å². The summed E-state index contributed by atoms with van der Waals surface area (Å²) in [4.78, 5) is 0. The minimum Gasteiger partial charge on any atom is -0.379 e. The first-order chi connectivity index (χ1) is 6.64. The van der Waals surface area contributed by atoms with Gasteiger partial charge in [-0.2, -0.15) is 0 Å². The third kappa shape index (κ3) is 5.61. The summed E-state index contributed by atoms with van der Waals surface area (Å²) in [5.74, 6) is 1.08. The van der Waals surface area contributed by atoms with Crippen LogP contribution in [0, 0.1) is 5.92 Å². The molecule has 2 nitrogen and oxygen atoms in total. The molecule has 1 rings (SSSR count). The Hall–Kier alpha value is -0.0800. The van der Waals surface area contributed by atoms with E-state index >= 15 is 0 Å². The molecule has 0 aromatic heterocycles. The molecule has 84 valence electrons. The van der Waals surface area contributed by atoms with Gasteiger partial charge < -0.3 is 10.1 Å². The topological polar surface area (TPSA) is 21.3 Å². The molecule has 0 bridgehead atoms. The van der Waals surface area contributed by atoms with E-state index in [1.165, 1.54) is 32.2 Å². The normalized spacial score (nSPS) is 17.4. The molecule has 0 atom stereocenters. The molecule has 0 aromatic rings. The maximum absolute atomic E-state index is 5.35. The highest BCUT2D eigenvalue weighted by molar-refractivity contribution is 4.73. The first-order valence-electron chi connectivity index (χ1n) is 5.90. The van der Waals surface area contributed by atoms with Crippen LogP contribution in [0.3, 0.4) is 0 Å². The van der Waals surface area contributed by atoms with Crippen molar-refractivity contribution < 1.29 is 4.74 Å². The van der Waals surface area contributed by atoms with E-state index < -0.39 is 0 Å². The van der Waals surface area contributed by atoms with Gasteiger partial charge in [-0.15, -0.1) is 0 Å². The third-order valence-corrected chi connectivity index (χ3v) is 3.12. The Balaban J connectivity index is 1.83. The zero-order chi connectivity index (χ0) is 10.4. The summed E-state index contributed by atoms with van der Waals surface area (Å²) in [6.07, 6.45) is 6.83. The van der Waals surface area contributed by atoms with Gasteiger partial charge in [0.05, 0.1) is 5.60 Å². The summed E-state index contributed by atoms with van der Waals surface area (Å²) < 4.78 is 5.35. The number of hydrogen-bond acceptors (Lipinski definition) is 2. The smallest absolute Gasteiger partial charge is 0.0634 e. The minimum atomic E-state index is 0.0312.